The number of hydrogen-bond donors (Lipinski definition) is 3. The number of benzene rings is 1. The summed E-state index contributed by atoms with van der Waals surface area (Å²) in [5.74, 6) is 0.904. The molecule has 1 rings (SSSR count). The predicted octanol–water partition coefficient (Wildman–Crippen LogP) is 3.38. The van der Waals surface area contributed by atoms with Crippen LogP contribution in [0.1, 0.15) is 33.6 Å². The van der Waals surface area contributed by atoms with E-state index in [0.717, 1.165) is 18.5 Å². The van der Waals surface area contributed by atoms with Gasteiger partial charge < -0.3 is 25.8 Å². The molecule has 1 aromatic rings. The molecule has 0 heterocycles. The van der Waals surface area contributed by atoms with Crippen molar-refractivity contribution in [3.63, 3.8) is 0 Å². The number of alkyl carbamates (subject to hydrolysis) is 1. The summed E-state index contributed by atoms with van der Waals surface area (Å²) in [7, 11) is 1.56. The largest absolute Gasteiger partial charge is 0.495 e. The minimum atomic E-state index is -0.487. The summed E-state index contributed by atoms with van der Waals surface area (Å²) in [5.41, 5.74) is 6.08. The van der Waals surface area contributed by atoms with Gasteiger partial charge in [-0.15, -0.1) is 0 Å². The molecule has 1 amide bonds. The van der Waals surface area contributed by atoms with Crippen LogP contribution in [0.25, 0.3) is 0 Å². The Hall–Kier alpha value is -2.15. The van der Waals surface area contributed by atoms with E-state index in [0.29, 0.717) is 29.8 Å². The highest BCUT2D eigenvalue weighted by Gasteiger charge is 2.15. The fourth-order valence-corrected chi connectivity index (χ4v) is 2.13. The van der Waals surface area contributed by atoms with Gasteiger partial charge in [-0.2, -0.15) is 0 Å². The molecule has 0 unspecified atom stereocenters. The Morgan fingerprint density at radius 3 is 2.64 bits per heavy atom. The summed E-state index contributed by atoms with van der Waals surface area (Å²) in [4.78, 5) is 15.7. The van der Waals surface area contributed by atoms with E-state index in [1.165, 1.54) is 0 Å². The highest BCUT2D eigenvalue weighted by Crippen LogP contribution is 2.26. The first kappa shape index (κ1) is 20.9. The lowest BCUT2D eigenvalue weighted by Crippen LogP contribution is -2.33. The number of unbranched alkanes of at least 4 members (excludes halogenated alkanes) is 1. The highest BCUT2D eigenvalue weighted by molar-refractivity contribution is 6.32. The number of hydrogen-bond acceptors (Lipinski definition) is 4. The lowest BCUT2D eigenvalue weighted by atomic mass is 10.2. The number of carbonyl (C=O) groups is 1. The number of nitrogens with two attached hydrogens (primary N) is 1. The number of anilines is 1. The van der Waals surface area contributed by atoms with Gasteiger partial charge in [0.15, 0.2) is 5.96 Å². The van der Waals surface area contributed by atoms with Gasteiger partial charge in [-0.3, -0.25) is 4.99 Å². The standard InChI is InChI=1S/C17H27ClN4O3/c1-17(2,3)25-16(23)21-10-6-5-9-20-15(19)22-12-7-8-14(24-4)13(18)11-12/h7-8,11H,5-6,9-10H2,1-4H3,(H,21,23)(H3,19,20,22). The van der Waals surface area contributed by atoms with Crippen LogP contribution in [0, 0.1) is 0 Å². The predicted molar refractivity (Wildman–Crippen MR) is 102 cm³/mol. The fourth-order valence-electron chi connectivity index (χ4n) is 1.87. The lowest BCUT2D eigenvalue weighted by molar-refractivity contribution is 0.0527. The van der Waals surface area contributed by atoms with Gasteiger partial charge in [-0.05, 0) is 51.8 Å². The van der Waals surface area contributed by atoms with Crippen molar-refractivity contribution in [1.29, 1.82) is 0 Å². The van der Waals surface area contributed by atoms with E-state index >= 15 is 0 Å². The number of nitrogens with one attached hydrogen (secondary N) is 2. The molecule has 8 heteroatoms. The molecule has 0 aliphatic carbocycles. The second kappa shape index (κ2) is 9.98. The average Bonchev–Trinajstić information content (AvgIpc) is 2.49. The van der Waals surface area contributed by atoms with E-state index in [-0.39, 0.29) is 0 Å². The third-order valence-electron chi connectivity index (χ3n) is 2.96. The molecule has 0 radical (unpaired) electrons. The normalized spacial score (nSPS) is 11.8. The molecule has 0 bridgehead atoms. The summed E-state index contributed by atoms with van der Waals surface area (Å²) < 4.78 is 10.2. The average molecular weight is 371 g/mol. The molecule has 0 saturated carbocycles. The zero-order chi connectivity index (χ0) is 18.9. The van der Waals surface area contributed by atoms with Crippen molar-refractivity contribution in [1.82, 2.24) is 5.32 Å². The number of rotatable bonds is 7. The second-order valence-electron chi connectivity index (χ2n) is 6.38. The third-order valence-corrected chi connectivity index (χ3v) is 3.25. The Bertz CT molecular complexity index is 600. The van der Waals surface area contributed by atoms with Crippen LogP contribution in [0.15, 0.2) is 23.2 Å². The summed E-state index contributed by atoms with van der Waals surface area (Å²) in [6.45, 7) is 6.57. The van der Waals surface area contributed by atoms with Crippen molar-refractivity contribution < 1.29 is 14.3 Å². The molecule has 0 saturated heterocycles. The maximum Gasteiger partial charge on any atom is 0.407 e. The van der Waals surface area contributed by atoms with Crippen molar-refractivity contribution in [2.75, 3.05) is 25.5 Å². The van der Waals surface area contributed by atoms with Gasteiger partial charge in [0.1, 0.15) is 11.4 Å². The Balaban J connectivity index is 2.25. The Morgan fingerprint density at radius 2 is 2.04 bits per heavy atom. The van der Waals surface area contributed by atoms with Crippen LogP contribution in [-0.2, 0) is 4.74 Å². The van der Waals surface area contributed by atoms with E-state index < -0.39 is 11.7 Å². The van der Waals surface area contributed by atoms with E-state index in [1.54, 1.807) is 25.3 Å². The summed E-state index contributed by atoms with van der Waals surface area (Å²) >= 11 is 6.05. The molecule has 4 N–H and O–H groups in total. The van der Waals surface area contributed by atoms with E-state index in [2.05, 4.69) is 15.6 Å². The summed E-state index contributed by atoms with van der Waals surface area (Å²) in [5, 5.41) is 6.16. The van der Waals surface area contributed by atoms with Gasteiger partial charge in [0, 0.05) is 18.8 Å². The number of aliphatic imine (C=N–C) groups is 1. The van der Waals surface area contributed by atoms with Gasteiger partial charge >= 0.3 is 6.09 Å². The van der Waals surface area contributed by atoms with Crippen molar-refractivity contribution in [2.45, 2.75) is 39.2 Å². The van der Waals surface area contributed by atoms with Crippen molar-refractivity contribution in [3.8, 4) is 5.75 Å². The van der Waals surface area contributed by atoms with Crippen LogP contribution < -0.4 is 21.1 Å². The van der Waals surface area contributed by atoms with Crippen LogP contribution in [0.4, 0.5) is 10.5 Å². The fraction of sp³-hybridized carbons (Fsp3) is 0.529. The molecule has 25 heavy (non-hydrogen) atoms. The van der Waals surface area contributed by atoms with Crippen LogP contribution in [-0.4, -0.2) is 37.9 Å². The van der Waals surface area contributed by atoms with Gasteiger partial charge in [0.2, 0.25) is 0 Å². The number of nitrogens with zero attached hydrogens (tertiary/aromatic N) is 1. The summed E-state index contributed by atoms with van der Waals surface area (Å²) in [6, 6.07) is 5.27. The Labute approximate surface area is 153 Å². The minimum absolute atomic E-state index is 0.307. The van der Waals surface area contributed by atoms with E-state index in [1.807, 2.05) is 20.8 Å². The topological polar surface area (TPSA) is 98.0 Å². The number of carbonyl (C=O) groups excluding carboxylic acids is 1. The maximum atomic E-state index is 11.5. The minimum Gasteiger partial charge on any atom is -0.495 e. The monoisotopic (exact) mass is 370 g/mol. The van der Waals surface area contributed by atoms with Crippen LogP contribution in [0.3, 0.4) is 0 Å². The molecule has 1 aromatic carbocycles. The number of amides is 1. The van der Waals surface area contributed by atoms with Crippen molar-refractivity contribution >= 4 is 29.3 Å². The van der Waals surface area contributed by atoms with Crippen molar-refractivity contribution in [2.24, 2.45) is 10.7 Å². The zero-order valence-electron chi connectivity index (χ0n) is 15.2. The first-order valence-corrected chi connectivity index (χ1v) is 8.46. The van der Waals surface area contributed by atoms with Gasteiger partial charge in [0.25, 0.3) is 0 Å². The molecule has 0 spiro atoms. The van der Waals surface area contributed by atoms with Gasteiger partial charge in [0.05, 0.1) is 12.1 Å². The van der Waals surface area contributed by atoms with E-state index in [9.17, 15) is 4.79 Å². The smallest absolute Gasteiger partial charge is 0.407 e. The van der Waals surface area contributed by atoms with Gasteiger partial charge in [-0.1, -0.05) is 11.6 Å². The SMILES string of the molecule is COc1ccc(NC(N)=NCCCCNC(=O)OC(C)(C)C)cc1Cl. The van der Waals surface area contributed by atoms with Crippen molar-refractivity contribution in [3.05, 3.63) is 23.2 Å². The third kappa shape index (κ3) is 9.05. The molecule has 140 valence electrons. The molecule has 0 aliphatic heterocycles. The van der Waals surface area contributed by atoms with Gasteiger partial charge in [-0.25, -0.2) is 4.79 Å². The first-order valence-electron chi connectivity index (χ1n) is 8.08. The van der Waals surface area contributed by atoms with Crippen LogP contribution in [0.2, 0.25) is 5.02 Å². The molecule has 0 atom stereocenters. The molecule has 0 aromatic heterocycles. The number of halogens is 1. The number of guanidine groups is 1. The number of methoxy groups -OCH3 is 1. The molecular weight excluding hydrogens is 344 g/mol. The highest BCUT2D eigenvalue weighted by atomic mass is 35.5. The molecule has 7 nitrogen and oxygen atoms in total. The second-order valence-corrected chi connectivity index (χ2v) is 6.78. The zero-order valence-corrected chi connectivity index (χ0v) is 15.9. The van der Waals surface area contributed by atoms with Crippen LogP contribution in [0.5, 0.6) is 5.75 Å². The maximum absolute atomic E-state index is 11.5. The number of ether oxygens (including phenoxy) is 2. The van der Waals surface area contributed by atoms with E-state index in [4.69, 9.17) is 26.8 Å². The van der Waals surface area contributed by atoms with Crippen LogP contribution >= 0.6 is 11.6 Å². The summed E-state index contributed by atoms with van der Waals surface area (Å²) in [6.07, 6.45) is 1.17. The Kier molecular flexibility index (Phi) is 8.34. The molecular formula is C17H27ClN4O3. The first-order chi connectivity index (χ1) is 11.7. The Morgan fingerprint density at radius 1 is 1.32 bits per heavy atom. The quantitative estimate of drug-likeness (QED) is 0.388. The lowest BCUT2D eigenvalue weighted by Gasteiger charge is -2.19. The molecule has 0 aliphatic rings. The molecule has 0 fully saturated rings.